The van der Waals surface area contributed by atoms with E-state index in [0.717, 1.165) is 44.0 Å². The second kappa shape index (κ2) is 11.1. The van der Waals surface area contributed by atoms with Crippen LogP contribution in [0.1, 0.15) is 25.8 Å². The average molecular weight is 620 g/mol. The highest BCUT2D eigenvalue weighted by Gasteiger charge is 2.51. The third-order valence-electron chi connectivity index (χ3n) is 7.21. The second-order valence-electron chi connectivity index (χ2n) is 11.0. The van der Waals surface area contributed by atoms with Crippen molar-refractivity contribution in [1.29, 1.82) is 0 Å². The van der Waals surface area contributed by atoms with Gasteiger partial charge in [-0.3, -0.25) is 9.69 Å². The molecular formula is C28H28F3N5O4S2. The van der Waals surface area contributed by atoms with Gasteiger partial charge in [0, 0.05) is 35.9 Å². The van der Waals surface area contributed by atoms with Gasteiger partial charge >= 0.3 is 12.1 Å². The van der Waals surface area contributed by atoms with Crippen molar-refractivity contribution in [2.24, 2.45) is 0 Å². The van der Waals surface area contributed by atoms with Gasteiger partial charge in [-0.15, -0.1) is 11.3 Å². The van der Waals surface area contributed by atoms with Crippen molar-refractivity contribution < 1.29 is 32.3 Å². The molecule has 1 saturated heterocycles. The number of nitrogens with one attached hydrogen (secondary N) is 2. The first-order valence-corrected chi connectivity index (χ1v) is 15.1. The lowest BCUT2D eigenvalue weighted by molar-refractivity contribution is -0.243. The van der Waals surface area contributed by atoms with E-state index in [0.29, 0.717) is 26.2 Å². The Morgan fingerprint density at radius 1 is 1.24 bits per heavy atom. The lowest BCUT2D eigenvalue weighted by Crippen LogP contribution is -2.56. The van der Waals surface area contributed by atoms with Crippen LogP contribution in [0.5, 0.6) is 0 Å². The standard InChI is InChI=1S/C28H28F3N5O4S2/c1-27(2)13-21-23(24(37)34-27)42-26(36(21)40-25(38)28(29,30)31)35-8-9-39-14-19(35)11-16-4-3-5-17(10-16)33-18-6-7-20-22(12-18)41-15-32-20/h3-7,10,12,15,19,26,33H,8-9,11,13-14H2,1-2H3,(H,34,37). The molecule has 2 unspecified atom stereocenters. The van der Waals surface area contributed by atoms with Gasteiger partial charge < -0.3 is 20.2 Å². The molecule has 2 atom stereocenters. The first-order valence-electron chi connectivity index (χ1n) is 13.3. The molecule has 0 aliphatic carbocycles. The van der Waals surface area contributed by atoms with Gasteiger partial charge in [-0.1, -0.05) is 23.9 Å². The van der Waals surface area contributed by atoms with Crippen LogP contribution in [-0.4, -0.2) is 69.8 Å². The van der Waals surface area contributed by atoms with Crippen LogP contribution >= 0.6 is 23.1 Å². The van der Waals surface area contributed by atoms with Gasteiger partial charge in [-0.2, -0.15) is 18.2 Å². The number of morpholine rings is 1. The van der Waals surface area contributed by atoms with Gasteiger partial charge in [-0.05, 0) is 56.2 Å². The Balaban J connectivity index is 1.24. The summed E-state index contributed by atoms with van der Waals surface area (Å²) in [5.74, 6) is -2.73. The monoisotopic (exact) mass is 619 g/mol. The number of halogens is 3. The van der Waals surface area contributed by atoms with Crippen molar-refractivity contribution in [3.63, 3.8) is 0 Å². The molecule has 2 aromatic carbocycles. The SMILES string of the molecule is CC1(C)CC2=C(SC(N3CCOCC3Cc3cccc(Nc4ccc5ncsc5c4)c3)N2OC(=O)C(F)(F)F)C(=O)N1. The average Bonchev–Trinajstić information content (AvgIpc) is 3.53. The van der Waals surface area contributed by atoms with Crippen molar-refractivity contribution in [3.05, 3.63) is 64.1 Å². The van der Waals surface area contributed by atoms with E-state index in [1.165, 1.54) is 0 Å². The summed E-state index contributed by atoms with van der Waals surface area (Å²) in [6.07, 6.45) is -4.46. The summed E-state index contributed by atoms with van der Waals surface area (Å²) in [7, 11) is 0. The number of ether oxygens (including phenoxy) is 1. The van der Waals surface area contributed by atoms with E-state index in [4.69, 9.17) is 9.57 Å². The van der Waals surface area contributed by atoms with Crippen LogP contribution in [0.15, 0.2) is 58.6 Å². The van der Waals surface area contributed by atoms with E-state index >= 15 is 0 Å². The zero-order valence-corrected chi connectivity index (χ0v) is 24.4. The minimum absolute atomic E-state index is 0.207. The Morgan fingerprint density at radius 2 is 2.05 bits per heavy atom. The number of thiazole rings is 1. The van der Waals surface area contributed by atoms with Crippen LogP contribution in [0.2, 0.25) is 0 Å². The van der Waals surface area contributed by atoms with Crippen molar-refractivity contribution in [1.82, 2.24) is 20.3 Å². The highest BCUT2D eigenvalue weighted by atomic mass is 32.2. The molecule has 0 spiro atoms. The topological polar surface area (TPSA) is 96.0 Å². The van der Waals surface area contributed by atoms with Crippen molar-refractivity contribution in [2.45, 2.75) is 49.9 Å². The van der Waals surface area contributed by atoms with Crippen LogP contribution in [0, 0.1) is 0 Å². The van der Waals surface area contributed by atoms with Gasteiger partial charge in [0.2, 0.25) is 0 Å². The highest BCUT2D eigenvalue weighted by Crippen LogP contribution is 2.46. The number of hydrogen-bond donors (Lipinski definition) is 2. The number of carbonyl (C=O) groups is 2. The number of hydrogen-bond acceptors (Lipinski definition) is 10. The van der Waals surface area contributed by atoms with E-state index in [9.17, 15) is 22.8 Å². The molecule has 222 valence electrons. The quantitative estimate of drug-likeness (QED) is 0.389. The number of fused-ring (bicyclic) bond motifs is 1. The van der Waals surface area contributed by atoms with Crippen LogP contribution in [0.3, 0.4) is 0 Å². The molecule has 3 aliphatic heterocycles. The van der Waals surface area contributed by atoms with Crippen molar-refractivity contribution in [2.75, 3.05) is 25.1 Å². The first kappa shape index (κ1) is 28.8. The Labute approximate surface area is 248 Å². The highest BCUT2D eigenvalue weighted by molar-refractivity contribution is 8.04. The number of nitrogens with zero attached hydrogens (tertiary/aromatic N) is 3. The van der Waals surface area contributed by atoms with Gasteiger partial charge in [0.1, 0.15) is 0 Å². The van der Waals surface area contributed by atoms with Crippen LogP contribution in [0.25, 0.3) is 10.2 Å². The van der Waals surface area contributed by atoms with Crippen LogP contribution < -0.4 is 10.6 Å². The predicted molar refractivity (Wildman–Crippen MR) is 154 cm³/mol. The number of rotatable bonds is 6. The minimum Gasteiger partial charge on any atom is -0.378 e. The Hall–Kier alpha value is -3.33. The maximum absolute atomic E-state index is 13.3. The smallest absolute Gasteiger partial charge is 0.378 e. The number of thioether (sulfide) groups is 1. The van der Waals surface area contributed by atoms with Gasteiger partial charge in [0.15, 0.2) is 5.50 Å². The lowest BCUT2D eigenvalue weighted by atomic mass is 9.94. The van der Waals surface area contributed by atoms with Gasteiger partial charge in [-0.25, -0.2) is 9.78 Å². The van der Waals surface area contributed by atoms with E-state index in [-0.39, 0.29) is 23.1 Å². The molecular weight excluding hydrogens is 591 g/mol. The summed E-state index contributed by atoms with van der Waals surface area (Å²) in [6, 6.07) is 13.6. The predicted octanol–water partition coefficient (Wildman–Crippen LogP) is 5.15. The normalized spacial score (nSPS) is 22.7. The third-order valence-corrected chi connectivity index (χ3v) is 9.33. The molecule has 0 saturated carbocycles. The molecule has 0 radical (unpaired) electrons. The van der Waals surface area contributed by atoms with Gasteiger partial charge in [0.25, 0.3) is 5.91 Å². The molecule has 4 heterocycles. The molecule has 14 heteroatoms. The van der Waals surface area contributed by atoms with Crippen LogP contribution in [-0.2, 0) is 25.6 Å². The number of carbonyl (C=O) groups excluding carboxylic acids is 2. The number of amides is 1. The lowest BCUT2D eigenvalue weighted by Gasteiger charge is -2.42. The summed E-state index contributed by atoms with van der Waals surface area (Å²) >= 11 is 2.66. The fourth-order valence-electron chi connectivity index (χ4n) is 5.35. The largest absolute Gasteiger partial charge is 0.493 e. The summed E-state index contributed by atoms with van der Waals surface area (Å²) in [6.45, 7) is 4.58. The van der Waals surface area contributed by atoms with Crippen LogP contribution in [0.4, 0.5) is 24.5 Å². The molecule has 3 aliphatic rings. The van der Waals surface area contributed by atoms with E-state index in [2.05, 4.69) is 15.6 Å². The first-order chi connectivity index (χ1) is 20.0. The molecule has 2 N–H and O–H groups in total. The molecule has 9 nitrogen and oxygen atoms in total. The maximum atomic E-state index is 13.3. The van der Waals surface area contributed by atoms with E-state index < -0.39 is 29.1 Å². The number of alkyl halides is 3. The third kappa shape index (κ3) is 5.93. The molecule has 1 aromatic heterocycles. The molecule has 3 aromatic rings. The fourth-order valence-corrected chi connectivity index (χ4v) is 7.41. The molecule has 6 rings (SSSR count). The summed E-state index contributed by atoms with van der Waals surface area (Å²) in [5.41, 5.74) is 4.22. The van der Waals surface area contributed by atoms with E-state index in [1.54, 1.807) is 30.7 Å². The molecule has 1 fully saturated rings. The van der Waals surface area contributed by atoms with Gasteiger partial charge in [0.05, 0.1) is 39.5 Å². The minimum atomic E-state index is -5.19. The number of benzene rings is 2. The summed E-state index contributed by atoms with van der Waals surface area (Å²) < 4.78 is 46.7. The Kier molecular flexibility index (Phi) is 7.58. The zero-order chi connectivity index (χ0) is 29.6. The summed E-state index contributed by atoms with van der Waals surface area (Å²) in [4.78, 5) is 36.4. The second-order valence-corrected chi connectivity index (χ2v) is 12.9. The molecule has 42 heavy (non-hydrogen) atoms. The Morgan fingerprint density at radius 3 is 2.86 bits per heavy atom. The number of anilines is 2. The Bertz CT molecular complexity index is 1560. The summed E-state index contributed by atoms with van der Waals surface area (Å²) in [5, 5.41) is 7.29. The number of hydroxylamine groups is 2. The van der Waals surface area contributed by atoms with E-state index in [1.807, 2.05) is 47.4 Å². The molecule has 1 amide bonds. The van der Waals surface area contributed by atoms with Crippen molar-refractivity contribution >= 4 is 56.6 Å². The van der Waals surface area contributed by atoms with Crippen molar-refractivity contribution in [3.8, 4) is 0 Å². The maximum Gasteiger partial charge on any atom is 0.493 e. The zero-order valence-electron chi connectivity index (χ0n) is 22.7. The number of aromatic nitrogens is 1. The molecule has 0 bridgehead atoms. The fraction of sp³-hybridized carbons (Fsp3) is 0.393.